The van der Waals surface area contributed by atoms with Crippen LogP contribution in [0.4, 0.5) is 0 Å². The van der Waals surface area contributed by atoms with Gasteiger partial charge < -0.3 is 19.3 Å². The molecule has 380 valence electrons. The average molecular weight is 999 g/mol. The smallest absolute Gasteiger partial charge is 0.181 e. The molecular weight excluding hydrogens is 933 g/mol. The molecule has 0 amide bonds. The van der Waals surface area contributed by atoms with Gasteiger partial charge in [0.25, 0.3) is 0 Å². The minimum absolute atomic E-state index is 0.00157. The summed E-state index contributed by atoms with van der Waals surface area (Å²) in [5, 5.41) is 8.43. The van der Waals surface area contributed by atoms with E-state index in [1.807, 2.05) is 0 Å². The van der Waals surface area contributed by atoms with E-state index in [4.69, 9.17) is 24.5 Å². The minimum Gasteiger partial charge on any atom is -0.489 e. The molecule has 1 aromatic carbocycles. The summed E-state index contributed by atoms with van der Waals surface area (Å²) in [6.45, 7) is 2.41. The van der Waals surface area contributed by atoms with Crippen molar-refractivity contribution in [3.05, 3.63) is 219 Å². The number of H-pyrrole nitrogens is 1. The van der Waals surface area contributed by atoms with E-state index in [1.54, 1.807) is 11.3 Å². The number of aliphatic imine (C=N–C) groups is 1. The second-order valence-electron chi connectivity index (χ2n) is 24.5. The maximum Gasteiger partial charge on any atom is 0.181 e. The van der Waals surface area contributed by atoms with Gasteiger partial charge in [0.05, 0.1) is 23.2 Å². The van der Waals surface area contributed by atoms with E-state index in [0.29, 0.717) is 35.6 Å². The number of hydrogen-bond donors (Lipinski definition) is 1. The van der Waals surface area contributed by atoms with Crippen LogP contribution >= 0.6 is 0 Å². The van der Waals surface area contributed by atoms with Gasteiger partial charge in [-0.1, -0.05) is 116 Å². The van der Waals surface area contributed by atoms with Crippen LogP contribution in [0.25, 0.3) is 11.1 Å². The summed E-state index contributed by atoms with van der Waals surface area (Å²) in [6.07, 6.45) is 64.1. The molecule has 15 aliphatic rings. The van der Waals surface area contributed by atoms with Crippen LogP contribution in [-0.2, 0) is 4.74 Å². The zero-order valence-electron chi connectivity index (χ0n) is 43.5. The number of benzene rings is 1. The number of rotatable bonds is 7. The summed E-state index contributed by atoms with van der Waals surface area (Å²) in [6, 6.07) is 7.37. The Morgan fingerprint density at radius 2 is 1.78 bits per heavy atom. The second kappa shape index (κ2) is 16.8. The molecule has 6 heterocycles. The lowest BCUT2D eigenvalue weighted by molar-refractivity contribution is 0.0905. The number of nitrogens with zero attached hydrogens (tertiary/aromatic N) is 5. The standard InChI is InChI=1S/C68H66N6O2/c1-39-23-25-48-56(32-39)73(46-19-6-3-7-20-46)54-26-29-59-63(60(48)54)51-35-43(34-49(65(51)76-59)40-14-8-9-15-40)64-52(67-70-66(71-72-67)41-16-4-2-5-17-41)36-44(38-69-64)42-24-28-57-50(33-42)62-58(75-57)30-27-55-61(62)47-21-10-11-22-53(47)74(55)68-31-13-12-18-45(68)37-68/h4,6,8-9,12-14,16-20,22,24,26-33,35,38-39,44-45,47-49,54,58-60,62-63H,2-3,5,7,10-11,15,21,23,25,34,36-37H2,1H3,(H,70,71,72). The third kappa shape index (κ3) is 6.51. The van der Waals surface area contributed by atoms with Crippen LogP contribution in [0.3, 0.4) is 0 Å². The van der Waals surface area contributed by atoms with Gasteiger partial charge in [-0.15, -0.1) is 0 Å². The van der Waals surface area contributed by atoms with Crippen molar-refractivity contribution in [1.82, 2.24) is 25.0 Å². The van der Waals surface area contributed by atoms with Gasteiger partial charge in [0.2, 0.25) is 0 Å². The predicted molar refractivity (Wildman–Crippen MR) is 300 cm³/mol. The summed E-state index contributed by atoms with van der Waals surface area (Å²) < 4.78 is 14.3. The van der Waals surface area contributed by atoms with E-state index in [9.17, 15) is 0 Å². The second-order valence-corrected chi connectivity index (χ2v) is 24.5. The van der Waals surface area contributed by atoms with Crippen molar-refractivity contribution in [2.75, 3.05) is 0 Å². The Kier molecular flexibility index (Phi) is 9.77. The Labute approximate surface area is 447 Å². The van der Waals surface area contributed by atoms with Crippen molar-refractivity contribution in [1.29, 1.82) is 0 Å². The number of ether oxygens (including phenoxy) is 2. The normalized spacial score (nSPS) is 37.2. The van der Waals surface area contributed by atoms with Gasteiger partial charge in [0, 0.05) is 87.1 Å². The highest BCUT2D eigenvalue weighted by Crippen LogP contribution is 2.65. The zero-order chi connectivity index (χ0) is 49.8. The highest BCUT2D eigenvalue weighted by Gasteiger charge is 2.62. The fraction of sp³-hybridized carbons (Fsp3) is 0.397. The molecule has 1 aromatic heterocycles. The Morgan fingerprint density at radius 1 is 0.829 bits per heavy atom. The van der Waals surface area contributed by atoms with E-state index in [2.05, 4.69) is 168 Å². The van der Waals surface area contributed by atoms with Crippen LogP contribution in [0.15, 0.2) is 201 Å². The van der Waals surface area contributed by atoms with E-state index >= 15 is 0 Å². The molecule has 2 aromatic rings. The third-order valence-electron chi connectivity index (χ3n) is 20.4. The molecule has 0 bridgehead atoms. The first-order valence-electron chi connectivity index (χ1n) is 29.2. The van der Waals surface area contributed by atoms with Crippen molar-refractivity contribution in [3.63, 3.8) is 0 Å². The van der Waals surface area contributed by atoms with Crippen LogP contribution in [0.2, 0.25) is 0 Å². The summed E-state index contributed by atoms with van der Waals surface area (Å²) >= 11 is 0. The van der Waals surface area contributed by atoms with Gasteiger partial charge in [0.15, 0.2) is 11.6 Å². The van der Waals surface area contributed by atoms with Gasteiger partial charge in [0.1, 0.15) is 23.7 Å². The van der Waals surface area contributed by atoms with E-state index in [-0.39, 0.29) is 41.4 Å². The Bertz CT molecular complexity index is 3490. The lowest BCUT2D eigenvalue weighted by Crippen LogP contribution is -2.40. The molecule has 13 unspecified atom stereocenters. The molecule has 10 aliphatic carbocycles. The maximum atomic E-state index is 7.34. The lowest BCUT2D eigenvalue weighted by atomic mass is 9.66. The Morgan fingerprint density at radius 3 is 2.66 bits per heavy atom. The molecule has 1 saturated heterocycles. The van der Waals surface area contributed by atoms with Crippen LogP contribution < -0.4 is 4.74 Å². The van der Waals surface area contributed by atoms with Crippen LogP contribution in [-0.4, -0.2) is 55.0 Å². The number of aromatic amines is 1. The molecule has 8 nitrogen and oxygen atoms in total. The first kappa shape index (κ1) is 44.2. The monoisotopic (exact) mass is 999 g/mol. The fourth-order valence-corrected chi connectivity index (χ4v) is 16.9. The number of allylic oxidation sites excluding steroid dienone is 21. The highest BCUT2D eigenvalue weighted by molar-refractivity contribution is 5.84. The molecule has 1 N–H and O–H groups in total. The van der Waals surface area contributed by atoms with Crippen LogP contribution in [0, 0.1) is 41.4 Å². The van der Waals surface area contributed by atoms with Gasteiger partial charge in [-0.2, -0.15) is 5.10 Å². The zero-order valence-corrected chi connectivity index (χ0v) is 43.5. The van der Waals surface area contributed by atoms with Gasteiger partial charge in [-0.3, -0.25) is 10.1 Å². The van der Waals surface area contributed by atoms with Gasteiger partial charge in [-0.25, -0.2) is 4.98 Å². The summed E-state index contributed by atoms with van der Waals surface area (Å²) in [4.78, 5) is 16.6. The van der Waals surface area contributed by atoms with Crippen LogP contribution in [0.5, 0.6) is 5.75 Å². The summed E-state index contributed by atoms with van der Waals surface area (Å²) in [7, 11) is 0. The largest absolute Gasteiger partial charge is 0.489 e. The molecule has 76 heavy (non-hydrogen) atoms. The van der Waals surface area contributed by atoms with E-state index in [1.165, 1.54) is 82.8 Å². The Balaban J connectivity index is 0.761. The highest BCUT2D eigenvalue weighted by atomic mass is 16.5. The molecule has 13 atom stereocenters. The Hall–Kier alpha value is -6.93. The van der Waals surface area contributed by atoms with Crippen molar-refractivity contribution >= 4 is 17.4 Å². The molecule has 2 fully saturated rings. The van der Waals surface area contributed by atoms with E-state index < -0.39 is 0 Å². The van der Waals surface area contributed by atoms with Crippen molar-refractivity contribution in [3.8, 4) is 5.75 Å². The maximum absolute atomic E-state index is 7.34. The predicted octanol–water partition coefficient (Wildman–Crippen LogP) is 14.2. The van der Waals surface area contributed by atoms with Crippen LogP contribution in [0.1, 0.15) is 125 Å². The molecule has 0 spiro atoms. The fourth-order valence-electron chi connectivity index (χ4n) is 16.9. The first-order chi connectivity index (χ1) is 37.5. The van der Waals surface area contributed by atoms with E-state index in [0.717, 1.165) is 85.6 Å². The third-order valence-corrected chi connectivity index (χ3v) is 20.4. The SMILES string of the molecule is CC1C=C2C(CC1)C1C3C4=C(OC3C=CC1N2C1=CCCC=C1)C(C1=CC=CC1)CC(C1=C(c2nc(C3=CCCC=C3)n[nH]2)CC(c2ccc3c(c2)C2C5=C(C=CC2O3)N(C23C=CC=CC2C3)C2=CCCCC25)C=N1)=C4. The molecule has 1 saturated carbocycles. The van der Waals surface area contributed by atoms with Crippen molar-refractivity contribution in [2.45, 2.75) is 126 Å². The van der Waals surface area contributed by atoms with Gasteiger partial charge in [-0.05, 0) is 148 Å². The van der Waals surface area contributed by atoms with Crippen molar-refractivity contribution < 1.29 is 9.47 Å². The molecule has 17 rings (SSSR count). The van der Waals surface area contributed by atoms with Gasteiger partial charge >= 0.3 is 0 Å². The summed E-state index contributed by atoms with van der Waals surface area (Å²) in [5.74, 6) is 6.90. The van der Waals surface area contributed by atoms with Crippen molar-refractivity contribution in [2.24, 2.45) is 46.4 Å². The number of hydrogen-bond acceptors (Lipinski definition) is 7. The number of nitrogens with one attached hydrogen (secondary N) is 1. The lowest BCUT2D eigenvalue weighted by Gasteiger charge is -2.37. The molecule has 8 heteroatoms. The average Bonchev–Trinajstić information content (AvgIpc) is 4.37. The minimum atomic E-state index is 0.00157. The first-order valence-corrected chi connectivity index (χ1v) is 29.2. The summed E-state index contributed by atoms with van der Waals surface area (Å²) in [5.41, 5.74) is 17.5. The quantitative estimate of drug-likeness (QED) is 0.279. The number of fused-ring (bicyclic) bond motifs is 13. The molecule has 0 radical (unpaired) electrons. The molecule has 5 aliphatic heterocycles. The molecular formula is C68H66N6O2. The topological polar surface area (TPSA) is 78.9 Å². The number of likely N-dealkylation sites (tertiary alicyclic amines) is 1. The number of aromatic nitrogens is 3.